The van der Waals surface area contributed by atoms with E-state index in [4.69, 9.17) is 4.74 Å². The van der Waals surface area contributed by atoms with E-state index in [-0.39, 0.29) is 16.5 Å². The number of carbonyl (C=O) groups excluding carboxylic acids is 1. The van der Waals surface area contributed by atoms with E-state index < -0.39 is 21.5 Å². The molecule has 0 saturated heterocycles. The smallest absolute Gasteiger partial charge is 0.252 e. The zero-order valence-corrected chi connectivity index (χ0v) is 17.4. The van der Waals surface area contributed by atoms with Crippen LogP contribution in [-0.2, 0) is 14.8 Å². The van der Waals surface area contributed by atoms with Crippen LogP contribution in [0.15, 0.2) is 34.0 Å². The number of rotatable bonds is 9. The lowest BCUT2D eigenvalue weighted by molar-refractivity contribution is 0.0931. The fourth-order valence-electron chi connectivity index (χ4n) is 2.96. The van der Waals surface area contributed by atoms with Gasteiger partial charge in [0.05, 0.1) is 10.5 Å². The van der Waals surface area contributed by atoms with Crippen LogP contribution in [0.2, 0.25) is 0 Å². The Hall–Kier alpha value is -2.23. The fraction of sp³-hybridized carbons (Fsp3) is 0.474. The van der Waals surface area contributed by atoms with Crippen molar-refractivity contribution < 1.29 is 17.9 Å². The van der Waals surface area contributed by atoms with Gasteiger partial charge >= 0.3 is 0 Å². The van der Waals surface area contributed by atoms with E-state index in [0.29, 0.717) is 37.0 Å². The first-order valence-electron chi connectivity index (χ1n) is 9.21. The van der Waals surface area contributed by atoms with Gasteiger partial charge in [0.25, 0.3) is 5.91 Å². The first-order valence-corrected chi connectivity index (χ1v) is 10.7. The van der Waals surface area contributed by atoms with Gasteiger partial charge in [-0.05, 0) is 31.5 Å². The van der Waals surface area contributed by atoms with Crippen LogP contribution in [0.3, 0.4) is 0 Å². The van der Waals surface area contributed by atoms with Crippen molar-refractivity contribution in [2.24, 2.45) is 0 Å². The predicted octanol–water partition coefficient (Wildman–Crippen LogP) is 1.71. The normalized spacial score (nSPS) is 13.0. The van der Waals surface area contributed by atoms with Crippen molar-refractivity contribution in [3.63, 3.8) is 0 Å². The van der Waals surface area contributed by atoms with Crippen molar-refractivity contribution in [3.8, 4) is 0 Å². The highest BCUT2D eigenvalue weighted by molar-refractivity contribution is 7.89. The molecule has 0 radical (unpaired) electrons. The number of fused-ring (bicyclic) bond motifs is 1. The topological polar surface area (TPSA) is 109 Å². The van der Waals surface area contributed by atoms with Gasteiger partial charge in [0, 0.05) is 49.8 Å². The first kappa shape index (κ1) is 22.1. The number of sulfonamides is 1. The molecule has 28 heavy (non-hydrogen) atoms. The van der Waals surface area contributed by atoms with Crippen molar-refractivity contribution in [3.05, 3.63) is 40.2 Å². The number of ether oxygens (including phenoxy) is 1. The summed E-state index contributed by atoms with van der Waals surface area (Å²) in [7, 11) is -2.11. The van der Waals surface area contributed by atoms with Gasteiger partial charge in [0.15, 0.2) is 0 Å². The van der Waals surface area contributed by atoms with Crippen LogP contribution in [0.25, 0.3) is 10.9 Å². The van der Waals surface area contributed by atoms with Crippen molar-refractivity contribution in [2.75, 3.05) is 26.8 Å². The lowest BCUT2D eigenvalue weighted by atomic mass is 10.1. The summed E-state index contributed by atoms with van der Waals surface area (Å²) >= 11 is 0. The van der Waals surface area contributed by atoms with E-state index in [2.05, 4.69) is 10.3 Å². The Labute approximate surface area is 164 Å². The minimum Gasteiger partial charge on any atom is -0.385 e. The molecular weight excluding hydrogens is 382 g/mol. The second-order valence-corrected chi connectivity index (χ2v) is 8.44. The van der Waals surface area contributed by atoms with E-state index in [0.717, 1.165) is 0 Å². The van der Waals surface area contributed by atoms with Gasteiger partial charge in [-0.3, -0.25) is 9.59 Å². The second kappa shape index (κ2) is 9.31. The second-order valence-electron chi connectivity index (χ2n) is 6.50. The minimum absolute atomic E-state index is 0.0808. The maximum absolute atomic E-state index is 12.8. The maximum atomic E-state index is 12.8. The molecule has 1 aromatic heterocycles. The number of hydrogen-bond acceptors (Lipinski definition) is 5. The number of H-pyrrole nitrogens is 1. The van der Waals surface area contributed by atoms with Crippen LogP contribution in [0, 0.1) is 0 Å². The highest BCUT2D eigenvalue weighted by Gasteiger charge is 2.23. The molecule has 0 spiro atoms. The molecule has 0 fully saturated rings. The zero-order valence-electron chi connectivity index (χ0n) is 16.6. The fourth-order valence-corrected chi connectivity index (χ4v) is 4.45. The van der Waals surface area contributed by atoms with E-state index in [1.807, 2.05) is 6.92 Å². The Morgan fingerprint density at radius 2 is 1.93 bits per heavy atom. The summed E-state index contributed by atoms with van der Waals surface area (Å²) in [5, 5.41) is 3.20. The number of amides is 1. The van der Waals surface area contributed by atoms with E-state index in [1.165, 1.54) is 28.6 Å². The van der Waals surface area contributed by atoms with Crippen LogP contribution in [0.1, 0.15) is 37.6 Å². The summed E-state index contributed by atoms with van der Waals surface area (Å²) < 4.78 is 32.0. The van der Waals surface area contributed by atoms with E-state index in [9.17, 15) is 18.0 Å². The van der Waals surface area contributed by atoms with Gasteiger partial charge in [-0.25, -0.2) is 8.42 Å². The van der Waals surface area contributed by atoms with Gasteiger partial charge in [-0.1, -0.05) is 13.8 Å². The van der Waals surface area contributed by atoms with Gasteiger partial charge < -0.3 is 15.0 Å². The molecule has 1 atom stereocenters. The van der Waals surface area contributed by atoms with Crippen molar-refractivity contribution in [1.29, 1.82) is 0 Å². The van der Waals surface area contributed by atoms with Crippen LogP contribution in [0.5, 0.6) is 0 Å². The summed E-state index contributed by atoms with van der Waals surface area (Å²) in [4.78, 5) is 27.4. The summed E-state index contributed by atoms with van der Waals surface area (Å²) in [5.74, 6) is -0.433. The quantitative estimate of drug-likeness (QED) is 0.655. The molecule has 9 heteroatoms. The SMILES string of the molecule is CCN(CC)S(=O)(=O)c1ccc2[nH]c(=O)cc(C(=O)NC(C)CCOC)c2c1. The Kier molecular flexibility index (Phi) is 7.34. The lowest BCUT2D eigenvalue weighted by Gasteiger charge is -2.19. The molecule has 1 amide bonds. The highest BCUT2D eigenvalue weighted by Crippen LogP contribution is 2.23. The summed E-state index contributed by atoms with van der Waals surface area (Å²) in [6.07, 6.45) is 0.616. The third-order valence-electron chi connectivity index (χ3n) is 4.53. The number of aromatic nitrogens is 1. The molecule has 2 N–H and O–H groups in total. The number of carbonyl (C=O) groups is 1. The van der Waals surface area contributed by atoms with Gasteiger partial charge in [-0.2, -0.15) is 4.31 Å². The molecule has 1 aromatic carbocycles. The number of methoxy groups -OCH3 is 1. The molecule has 0 aliphatic rings. The summed E-state index contributed by atoms with van der Waals surface area (Å²) in [5.41, 5.74) is 0.113. The molecule has 154 valence electrons. The molecule has 8 nitrogen and oxygen atoms in total. The molecule has 0 saturated carbocycles. The molecule has 2 aromatic rings. The molecule has 0 bridgehead atoms. The van der Waals surface area contributed by atoms with E-state index >= 15 is 0 Å². The number of nitrogens with one attached hydrogen (secondary N) is 2. The van der Waals surface area contributed by atoms with Crippen molar-refractivity contribution in [2.45, 2.75) is 38.1 Å². The number of benzene rings is 1. The Morgan fingerprint density at radius 3 is 2.54 bits per heavy atom. The van der Waals surface area contributed by atoms with Crippen LogP contribution >= 0.6 is 0 Å². The highest BCUT2D eigenvalue weighted by atomic mass is 32.2. The molecule has 0 aliphatic carbocycles. The largest absolute Gasteiger partial charge is 0.385 e. The average Bonchev–Trinajstić information content (AvgIpc) is 2.65. The van der Waals surface area contributed by atoms with Crippen molar-refractivity contribution >= 4 is 26.8 Å². The molecule has 2 rings (SSSR count). The van der Waals surface area contributed by atoms with Gasteiger partial charge in [0.1, 0.15) is 0 Å². The molecular formula is C19H27N3O5S. The zero-order chi connectivity index (χ0) is 20.9. The molecule has 1 heterocycles. The monoisotopic (exact) mass is 409 g/mol. The predicted molar refractivity (Wildman–Crippen MR) is 108 cm³/mol. The minimum atomic E-state index is -3.69. The standard InChI is InChI=1S/C19H27N3O5S/c1-5-22(6-2)28(25,26)14-7-8-17-15(11-14)16(12-18(23)21-17)19(24)20-13(3)9-10-27-4/h7-8,11-13H,5-6,9-10H2,1-4H3,(H,20,24)(H,21,23). The van der Waals surface area contributed by atoms with Crippen LogP contribution in [-0.4, -0.2) is 56.5 Å². The number of nitrogens with zero attached hydrogens (tertiary/aromatic N) is 1. The molecule has 0 aliphatic heterocycles. The van der Waals surface area contributed by atoms with Gasteiger partial charge in [-0.15, -0.1) is 0 Å². The number of hydrogen-bond donors (Lipinski definition) is 2. The van der Waals surface area contributed by atoms with Crippen molar-refractivity contribution in [1.82, 2.24) is 14.6 Å². The number of pyridine rings is 1. The van der Waals surface area contributed by atoms with Crippen LogP contribution < -0.4 is 10.9 Å². The average molecular weight is 410 g/mol. The maximum Gasteiger partial charge on any atom is 0.252 e. The van der Waals surface area contributed by atoms with Crippen LogP contribution in [0.4, 0.5) is 0 Å². The summed E-state index contributed by atoms with van der Waals surface area (Å²) in [6.45, 7) is 6.53. The first-order chi connectivity index (χ1) is 13.2. The Balaban J connectivity index is 2.52. The van der Waals surface area contributed by atoms with Gasteiger partial charge in [0.2, 0.25) is 15.6 Å². The third kappa shape index (κ3) is 4.78. The molecule has 1 unspecified atom stereocenters. The third-order valence-corrected chi connectivity index (χ3v) is 6.58. The lowest BCUT2D eigenvalue weighted by Crippen LogP contribution is -2.34. The number of aromatic amines is 1. The summed E-state index contributed by atoms with van der Waals surface area (Å²) in [6, 6.07) is 5.42. The Morgan fingerprint density at radius 1 is 1.25 bits per heavy atom. The van der Waals surface area contributed by atoms with E-state index in [1.54, 1.807) is 21.0 Å². The Bertz CT molecular complexity index is 996.